The number of carbonyl (C=O) groups is 1. The van der Waals surface area contributed by atoms with Gasteiger partial charge in [0.15, 0.2) is 15.0 Å². The van der Waals surface area contributed by atoms with E-state index >= 15 is 0 Å². The van der Waals surface area contributed by atoms with Crippen molar-refractivity contribution in [3.63, 3.8) is 0 Å². The number of hydrogen-bond acceptors (Lipinski definition) is 7. The van der Waals surface area contributed by atoms with Gasteiger partial charge in [-0.15, -0.1) is 0 Å². The number of para-hydroxylation sites is 1. The summed E-state index contributed by atoms with van der Waals surface area (Å²) in [7, 11) is -1.47. The molecule has 3 heterocycles. The fourth-order valence-corrected chi connectivity index (χ4v) is 6.53. The third-order valence-corrected chi connectivity index (χ3v) is 8.39. The molecule has 0 unspecified atom stereocenters. The van der Waals surface area contributed by atoms with Crippen LogP contribution in [0.15, 0.2) is 52.5 Å². The number of carbonyl (C=O) groups excluding carboxylic acids is 1. The summed E-state index contributed by atoms with van der Waals surface area (Å²) in [5.41, 5.74) is 1.24. The average Bonchev–Trinajstić information content (AvgIpc) is 3.13. The Labute approximate surface area is 190 Å². The Balaban J connectivity index is 1.70. The maximum absolute atomic E-state index is 13.3. The van der Waals surface area contributed by atoms with Gasteiger partial charge in [0, 0.05) is 19.3 Å². The molecule has 2 aromatic heterocycles. The lowest BCUT2D eigenvalue weighted by molar-refractivity contribution is -0.130. The molecule has 1 aromatic carbocycles. The number of rotatable bonds is 5. The predicted molar refractivity (Wildman–Crippen MR) is 125 cm³/mol. The first-order chi connectivity index (χ1) is 15.2. The van der Waals surface area contributed by atoms with Gasteiger partial charge in [-0.3, -0.25) is 9.59 Å². The summed E-state index contributed by atoms with van der Waals surface area (Å²) in [6, 6.07) is 10.3. The SMILES string of the molecule is Cc1ccc(-n2c(S[C@H](C)C(=O)N(C)[C@H]3CCS(=O)(=O)C3)nc3ccccc3c2=O)nc1. The molecule has 2 atom stereocenters. The molecule has 0 bridgehead atoms. The van der Waals surface area contributed by atoms with E-state index in [2.05, 4.69) is 9.97 Å². The summed E-state index contributed by atoms with van der Waals surface area (Å²) in [5, 5.41) is 0.248. The van der Waals surface area contributed by atoms with Gasteiger partial charge in [-0.05, 0) is 44.0 Å². The molecule has 8 nitrogen and oxygen atoms in total. The molecule has 168 valence electrons. The minimum absolute atomic E-state index is 0.0150. The zero-order valence-corrected chi connectivity index (χ0v) is 19.7. The van der Waals surface area contributed by atoms with Crippen LogP contribution in [0.2, 0.25) is 0 Å². The first-order valence-corrected chi connectivity index (χ1v) is 12.9. The Morgan fingerprint density at radius 3 is 2.66 bits per heavy atom. The maximum atomic E-state index is 13.3. The maximum Gasteiger partial charge on any atom is 0.267 e. The number of aryl methyl sites for hydroxylation is 1. The number of aromatic nitrogens is 3. The summed E-state index contributed by atoms with van der Waals surface area (Å²) >= 11 is 1.16. The molecule has 0 radical (unpaired) electrons. The van der Waals surface area contributed by atoms with Crippen molar-refractivity contribution in [2.45, 2.75) is 36.7 Å². The number of nitrogens with zero attached hydrogens (tertiary/aromatic N) is 4. The van der Waals surface area contributed by atoms with Gasteiger partial charge in [0.1, 0.15) is 5.82 Å². The number of benzene rings is 1. The zero-order chi connectivity index (χ0) is 23.0. The molecule has 1 amide bonds. The Morgan fingerprint density at radius 1 is 1.25 bits per heavy atom. The van der Waals surface area contributed by atoms with E-state index in [9.17, 15) is 18.0 Å². The van der Waals surface area contributed by atoms with E-state index in [1.807, 2.05) is 13.0 Å². The van der Waals surface area contributed by atoms with Crippen molar-refractivity contribution < 1.29 is 13.2 Å². The fourth-order valence-electron chi connectivity index (χ4n) is 3.74. The van der Waals surface area contributed by atoms with Gasteiger partial charge >= 0.3 is 0 Å². The van der Waals surface area contributed by atoms with Crippen LogP contribution in [0.1, 0.15) is 18.9 Å². The molecule has 3 aromatic rings. The van der Waals surface area contributed by atoms with Gasteiger partial charge < -0.3 is 4.90 Å². The minimum Gasteiger partial charge on any atom is -0.341 e. The highest BCUT2D eigenvalue weighted by Crippen LogP contribution is 2.27. The van der Waals surface area contributed by atoms with Crippen molar-refractivity contribution in [2.24, 2.45) is 0 Å². The van der Waals surface area contributed by atoms with Gasteiger partial charge in [0.2, 0.25) is 5.91 Å². The highest BCUT2D eigenvalue weighted by molar-refractivity contribution is 8.00. The third-order valence-electron chi connectivity index (χ3n) is 5.60. The molecule has 1 aliphatic rings. The Bertz CT molecular complexity index is 1340. The number of pyridine rings is 1. The van der Waals surface area contributed by atoms with E-state index in [4.69, 9.17) is 0 Å². The molecule has 0 spiro atoms. The van der Waals surface area contributed by atoms with Gasteiger partial charge in [0.05, 0.1) is 27.7 Å². The van der Waals surface area contributed by atoms with Gasteiger partial charge in [-0.25, -0.2) is 23.0 Å². The van der Waals surface area contributed by atoms with Crippen molar-refractivity contribution in [1.82, 2.24) is 19.4 Å². The molecule has 0 aliphatic carbocycles. The summed E-state index contributed by atoms with van der Waals surface area (Å²) in [4.78, 5) is 36.9. The second kappa shape index (κ2) is 8.67. The normalized spacial score (nSPS) is 18.5. The van der Waals surface area contributed by atoms with E-state index in [0.29, 0.717) is 28.3 Å². The number of thioether (sulfide) groups is 1. The van der Waals surface area contributed by atoms with Crippen LogP contribution < -0.4 is 5.56 Å². The third kappa shape index (κ3) is 4.42. The van der Waals surface area contributed by atoms with Crippen LogP contribution in [-0.2, 0) is 14.6 Å². The molecule has 1 saturated heterocycles. The molecule has 1 fully saturated rings. The van der Waals surface area contributed by atoms with Crippen LogP contribution in [0.5, 0.6) is 0 Å². The van der Waals surface area contributed by atoms with Crippen LogP contribution in [-0.4, -0.2) is 63.6 Å². The molecule has 0 N–H and O–H groups in total. The van der Waals surface area contributed by atoms with E-state index < -0.39 is 15.1 Å². The Morgan fingerprint density at radius 2 is 2.00 bits per heavy atom. The van der Waals surface area contributed by atoms with Crippen LogP contribution in [0, 0.1) is 6.92 Å². The predicted octanol–water partition coefficient (Wildman–Crippen LogP) is 2.22. The monoisotopic (exact) mass is 472 g/mol. The van der Waals surface area contributed by atoms with Crippen molar-refractivity contribution in [2.75, 3.05) is 18.6 Å². The smallest absolute Gasteiger partial charge is 0.267 e. The molecule has 1 aliphatic heterocycles. The molecular formula is C22H24N4O4S2. The number of fused-ring (bicyclic) bond motifs is 1. The number of amides is 1. The van der Waals surface area contributed by atoms with Crippen molar-refractivity contribution in [1.29, 1.82) is 0 Å². The standard InChI is InChI=1S/C22H24N4O4S2/c1-14-8-9-19(23-12-14)26-21(28)17-6-4-5-7-18(17)24-22(26)31-15(2)20(27)25(3)16-10-11-32(29,30)13-16/h4-9,12,15-16H,10-11,13H2,1-3H3/t15-,16+/m1/s1. The highest BCUT2D eigenvalue weighted by atomic mass is 32.2. The number of hydrogen-bond donors (Lipinski definition) is 0. The average molecular weight is 473 g/mol. The van der Waals surface area contributed by atoms with E-state index in [-0.39, 0.29) is 29.0 Å². The first kappa shape index (κ1) is 22.5. The van der Waals surface area contributed by atoms with Crippen LogP contribution in [0.25, 0.3) is 16.7 Å². The second-order valence-corrected chi connectivity index (χ2v) is 11.5. The Kier molecular flexibility index (Phi) is 6.09. The lowest BCUT2D eigenvalue weighted by Gasteiger charge is -2.26. The van der Waals surface area contributed by atoms with Crippen LogP contribution >= 0.6 is 11.8 Å². The second-order valence-electron chi connectivity index (χ2n) is 8.01. The first-order valence-electron chi connectivity index (χ1n) is 10.2. The lowest BCUT2D eigenvalue weighted by Crippen LogP contribution is -2.42. The molecule has 10 heteroatoms. The summed E-state index contributed by atoms with van der Waals surface area (Å²) in [6.45, 7) is 3.65. The van der Waals surface area contributed by atoms with Crippen molar-refractivity contribution >= 4 is 38.4 Å². The largest absolute Gasteiger partial charge is 0.341 e. The number of sulfone groups is 1. The Hall–Kier alpha value is -2.72. The summed E-state index contributed by atoms with van der Waals surface area (Å²) in [5.74, 6) is 0.305. The van der Waals surface area contributed by atoms with Crippen molar-refractivity contribution in [3.8, 4) is 5.82 Å². The lowest BCUT2D eigenvalue weighted by atomic mass is 10.2. The van der Waals surface area contributed by atoms with E-state index in [0.717, 1.165) is 17.3 Å². The fraction of sp³-hybridized carbons (Fsp3) is 0.364. The minimum atomic E-state index is -3.10. The van der Waals surface area contributed by atoms with Crippen LogP contribution in [0.4, 0.5) is 0 Å². The van der Waals surface area contributed by atoms with Crippen molar-refractivity contribution in [3.05, 3.63) is 58.5 Å². The summed E-state index contributed by atoms with van der Waals surface area (Å²) < 4.78 is 25.1. The zero-order valence-electron chi connectivity index (χ0n) is 18.1. The van der Waals surface area contributed by atoms with E-state index in [1.54, 1.807) is 50.5 Å². The van der Waals surface area contributed by atoms with Crippen LogP contribution in [0.3, 0.4) is 0 Å². The highest BCUT2D eigenvalue weighted by Gasteiger charge is 2.34. The van der Waals surface area contributed by atoms with Gasteiger partial charge in [0.25, 0.3) is 5.56 Å². The molecule has 4 rings (SSSR count). The van der Waals surface area contributed by atoms with Gasteiger partial charge in [-0.1, -0.05) is 30.0 Å². The topological polar surface area (TPSA) is 102 Å². The molecule has 32 heavy (non-hydrogen) atoms. The van der Waals surface area contributed by atoms with E-state index in [1.165, 1.54) is 9.47 Å². The molecule has 0 saturated carbocycles. The summed E-state index contributed by atoms with van der Waals surface area (Å²) in [6.07, 6.45) is 2.11. The van der Waals surface area contributed by atoms with Gasteiger partial charge in [-0.2, -0.15) is 0 Å². The molecular weight excluding hydrogens is 448 g/mol. The quantitative estimate of drug-likeness (QED) is 0.414.